The number of fused-ring (bicyclic) bond motifs is 2. The van der Waals surface area contributed by atoms with Crippen LogP contribution in [0.25, 0.3) is 27.8 Å². The Balaban J connectivity index is 2.66. The first-order chi connectivity index (χ1) is 9.72. The van der Waals surface area contributed by atoms with Crippen LogP contribution in [0, 0.1) is 6.92 Å². The summed E-state index contributed by atoms with van der Waals surface area (Å²) in [6.07, 6.45) is 3.39. The fraction of sp³-hybridized carbons (Fsp3) is 0.176. The van der Waals surface area contributed by atoms with Gasteiger partial charge in [0.05, 0.1) is 20.0 Å². The summed E-state index contributed by atoms with van der Waals surface area (Å²) < 4.78 is 11.2. The van der Waals surface area contributed by atoms with Gasteiger partial charge in [-0.1, -0.05) is 30.9 Å². The van der Waals surface area contributed by atoms with Crippen LogP contribution in [0.15, 0.2) is 35.5 Å². The molecule has 0 bridgehead atoms. The number of hydrogen-bond acceptors (Lipinski definition) is 3. The van der Waals surface area contributed by atoms with Crippen molar-refractivity contribution in [3.63, 3.8) is 0 Å². The minimum absolute atomic E-state index is 0.0750. The molecule has 0 aliphatic carbocycles. The number of benzene rings is 2. The fourth-order valence-electron chi connectivity index (χ4n) is 2.84. The smallest absolute Gasteiger partial charge is 0.177 e. The Morgan fingerprint density at radius 3 is 2.80 bits per heavy atom. The summed E-state index contributed by atoms with van der Waals surface area (Å²) in [5, 5.41) is 12.5. The average Bonchev–Trinajstić information content (AvgIpc) is 2.89. The van der Waals surface area contributed by atoms with Gasteiger partial charge in [-0.05, 0) is 23.4 Å². The largest absolute Gasteiger partial charge is 0.492 e. The molecular weight excluding hydrogens is 252 g/mol. The lowest BCUT2D eigenvalue weighted by atomic mass is 9.94. The van der Waals surface area contributed by atoms with Crippen LogP contribution in [-0.4, -0.2) is 12.2 Å². The third kappa shape index (κ3) is 1.57. The van der Waals surface area contributed by atoms with Crippen LogP contribution in [0.4, 0.5) is 0 Å². The Bertz CT molecular complexity index is 812. The van der Waals surface area contributed by atoms with Gasteiger partial charge in [0, 0.05) is 16.3 Å². The molecule has 0 saturated carbocycles. The zero-order valence-electron chi connectivity index (χ0n) is 11.6. The van der Waals surface area contributed by atoms with E-state index in [1.54, 1.807) is 13.4 Å². The normalized spacial score (nSPS) is 11.2. The molecule has 1 heterocycles. The van der Waals surface area contributed by atoms with Crippen molar-refractivity contribution in [1.29, 1.82) is 0 Å². The molecule has 2 aromatic carbocycles. The van der Waals surface area contributed by atoms with E-state index in [1.165, 1.54) is 0 Å². The quantitative estimate of drug-likeness (QED) is 0.779. The van der Waals surface area contributed by atoms with Crippen LogP contribution in [0.3, 0.4) is 0 Å². The highest BCUT2D eigenvalue weighted by molar-refractivity contribution is 6.12. The van der Waals surface area contributed by atoms with Crippen molar-refractivity contribution >= 4 is 27.8 Å². The van der Waals surface area contributed by atoms with Gasteiger partial charge in [0.15, 0.2) is 11.3 Å². The molecule has 0 aliphatic rings. The second-order valence-electron chi connectivity index (χ2n) is 4.77. The zero-order chi connectivity index (χ0) is 14.3. The molecule has 3 aromatic rings. The molecule has 0 fully saturated rings. The SMILES string of the molecule is C=Cc1c2c(C)cccc2c(OC)c2occ(CO)c12. The zero-order valence-corrected chi connectivity index (χ0v) is 11.6. The summed E-state index contributed by atoms with van der Waals surface area (Å²) in [4.78, 5) is 0. The second-order valence-corrected chi connectivity index (χ2v) is 4.77. The maximum absolute atomic E-state index is 9.51. The third-order valence-corrected chi connectivity index (χ3v) is 3.71. The minimum atomic E-state index is -0.0750. The van der Waals surface area contributed by atoms with E-state index in [0.29, 0.717) is 11.3 Å². The van der Waals surface area contributed by atoms with Gasteiger partial charge >= 0.3 is 0 Å². The van der Waals surface area contributed by atoms with Crippen molar-refractivity contribution in [2.24, 2.45) is 0 Å². The van der Waals surface area contributed by atoms with E-state index in [2.05, 4.69) is 19.6 Å². The van der Waals surface area contributed by atoms with Gasteiger partial charge in [0.25, 0.3) is 0 Å². The van der Waals surface area contributed by atoms with Gasteiger partial charge < -0.3 is 14.3 Å². The highest BCUT2D eigenvalue weighted by Gasteiger charge is 2.19. The Morgan fingerprint density at radius 2 is 2.15 bits per heavy atom. The number of furan rings is 1. The molecule has 1 N–H and O–H groups in total. The van der Waals surface area contributed by atoms with Gasteiger partial charge in [-0.3, -0.25) is 0 Å². The number of methoxy groups -OCH3 is 1. The molecule has 0 saturated heterocycles. The number of hydrogen-bond donors (Lipinski definition) is 1. The molecule has 102 valence electrons. The number of ether oxygens (including phenoxy) is 1. The van der Waals surface area contributed by atoms with E-state index in [-0.39, 0.29) is 6.61 Å². The molecule has 0 aliphatic heterocycles. The molecule has 0 atom stereocenters. The molecule has 3 nitrogen and oxygen atoms in total. The molecule has 0 spiro atoms. The van der Waals surface area contributed by atoms with E-state index in [1.807, 2.05) is 18.2 Å². The maximum atomic E-state index is 9.51. The molecule has 1 aromatic heterocycles. The van der Waals surface area contributed by atoms with Crippen molar-refractivity contribution in [3.05, 3.63) is 47.7 Å². The van der Waals surface area contributed by atoms with Crippen molar-refractivity contribution < 1.29 is 14.3 Å². The summed E-state index contributed by atoms with van der Waals surface area (Å²) in [5.74, 6) is 0.698. The minimum Gasteiger partial charge on any atom is -0.492 e. The highest BCUT2D eigenvalue weighted by Crippen LogP contribution is 2.42. The average molecular weight is 268 g/mol. The van der Waals surface area contributed by atoms with Gasteiger partial charge in [0.1, 0.15) is 0 Å². The van der Waals surface area contributed by atoms with E-state index >= 15 is 0 Å². The van der Waals surface area contributed by atoms with Crippen LogP contribution < -0.4 is 4.74 Å². The van der Waals surface area contributed by atoms with E-state index in [9.17, 15) is 5.11 Å². The molecular formula is C17H16O3. The summed E-state index contributed by atoms with van der Waals surface area (Å²) in [6, 6.07) is 6.06. The van der Waals surface area contributed by atoms with Crippen LogP contribution in [-0.2, 0) is 6.61 Å². The second kappa shape index (κ2) is 4.69. The Hall–Kier alpha value is -2.26. The summed E-state index contributed by atoms with van der Waals surface area (Å²) in [7, 11) is 1.63. The third-order valence-electron chi connectivity index (χ3n) is 3.71. The predicted octanol–water partition coefficient (Wildman–Crippen LogP) is 4.04. The van der Waals surface area contributed by atoms with Crippen molar-refractivity contribution in [3.8, 4) is 5.75 Å². The first kappa shape index (κ1) is 12.8. The van der Waals surface area contributed by atoms with Crippen LogP contribution in [0.1, 0.15) is 16.7 Å². The predicted molar refractivity (Wildman–Crippen MR) is 81.0 cm³/mol. The van der Waals surface area contributed by atoms with Crippen LogP contribution >= 0.6 is 0 Å². The van der Waals surface area contributed by atoms with Crippen LogP contribution in [0.5, 0.6) is 5.75 Å². The highest BCUT2D eigenvalue weighted by atomic mass is 16.5. The Morgan fingerprint density at radius 1 is 1.35 bits per heavy atom. The molecule has 20 heavy (non-hydrogen) atoms. The van der Waals surface area contributed by atoms with Crippen LogP contribution in [0.2, 0.25) is 0 Å². The first-order valence-corrected chi connectivity index (χ1v) is 6.45. The van der Waals surface area contributed by atoms with E-state index in [4.69, 9.17) is 9.15 Å². The van der Waals surface area contributed by atoms with Gasteiger partial charge in [-0.25, -0.2) is 0 Å². The van der Waals surface area contributed by atoms with E-state index < -0.39 is 0 Å². The lowest BCUT2D eigenvalue weighted by Gasteiger charge is -2.12. The number of rotatable bonds is 3. The molecule has 3 heteroatoms. The summed E-state index contributed by atoms with van der Waals surface area (Å²) in [6.45, 7) is 5.90. The topological polar surface area (TPSA) is 42.6 Å². The Kier molecular flexibility index (Phi) is 2.99. The van der Waals surface area contributed by atoms with Gasteiger partial charge in [-0.15, -0.1) is 0 Å². The van der Waals surface area contributed by atoms with Gasteiger partial charge in [-0.2, -0.15) is 0 Å². The fourth-order valence-corrected chi connectivity index (χ4v) is 2.84. The lowest BCUT2D eigenvalue weighted by molar-refractivity contribution is 0.281. The van der Waals surface area contributed by atoms with Crippen molar-refractivity contribution in [2.75, 3.05) is 7.11 Å². The summed E-state index contributed by atoms with van der Waals surface area (Å²) in [5.41, 5.74) is 3.53. The molecule has 0 amide bonds. The van der Waals surface area contributed by atoms with Gasteiger partial charge in [0.2, 0.25) is 0 Å². The Labute approximate surface area is 117 Å². The molecule has 0 unspecified atom stereocenters. The first-order valence-electron chi connectivity index (χ1n) is 6.45. The van der Waals surface area contributed by atoms with Crippen molar-refractivity contribution in [2.45, 2.75) is 13.5 Å². The number of aryl methyl sites for hydroxylation is 1. The number of aliphatic hydroxyl groups is 1. The maximum Gasteiger partial charge on any atom is 0.177 e. The molecule has 3 rings (SSSR count). The van der Waals surface area contributed by atoms with E-state index in [0.717, 1.165) is 32.8 Å². The summed E-state index contributed by atoms with van der Waals surface area (Å²) >= 11 is 0. The standard InChI is InChI=1S/C17H16O3/c1-4-12-14-10(2)6-5-7-13(14)16(19-3)17-15(12)11(8-18)9-20-17/h4-7,9,18H,1,8H2,2-3H3. The monoisotopic (exact) mass is 268 g/mol. The lowest BCUT2D eigenvalue weighted by Crippen LogP contribution is -1.92. The van der Waals surface area contributed by atoms with Crippen molar-refractivity contribution in [1.82, 2.24) is 0 Å². The molecule has 0 radical (unpaired) electrons. The number of aliphatic hydroxyl groups excluding tert-OH is 1.